The zero-order valence-corrected chi connectivity index (χ0v) is 11.9. The average molecular weight is 297 g/mol. The Morgan fingerprint density at radius 3 is 2.43 bits per heavy atom. The van der Waals surface area contributed by atoms with Crippen LogP contribution in [-0.4, -0.2) is 64.4 Å². The molecule has 0 aromatic carbocycles. The highest BCUT2D eigenvalue weighted by Gasteiger charge is 2.39. The van der Waals surface area contributed by atoms with Gasteiger partial charge in [-0.1, -0.05) is 13.3 Å². The van der Waals surface area contributed by atoms with E-state index in [0.717, 1.165) is 17.7 Å². The van der Waals surface area contributed by atoms with Crippen LogP contribution in [0.3, 0.4) is 0 Å². The molecule has 2 rings (SSSR count). The fourth-order valence-corrected chi connectivity index (χ4v) is 2.83. The molecule has 2 aliphatic heterocycles. The number of rotatable bonds is 2. The lowest BCUT2D eigenvalue weighted by Crippen LogP contribution is -2.60. The number of piperidine rings is 1. The highest BCUT2D eigenvalue weighted by Crippen LogP contribution is 2.26. The van der Waals surface area contributed by atoms with E-state index in [0.29, 0.717) is 13.0 Å². The van der Waals surface area contributed by atoms with E-state index in [9.17, 15) is 24.3 Å². The van der Waals surface area contributed by atoms with Gasteiger partial charge in [-0.2, -0.15) is 0 Å². The summed E-state index contributed by atoms with van der Waals surface area (Å²) in [4.78, 5) is 48.8. The highest BCUT2D eigenvalue weighted by molar-refractivity contribution is 6.02. The normalized spacial score (nSPS) is 26.5. The molecule has 2 atom stereocenters. The maximum absolute atomic E-state index is 12.4. The molecule has 4 amide bonds. The first-order chi connectivity index (χ1) is 9.92. The number of urea groups is 1. The number of carbonyl (C=O) groups is 4. The van der Waals surface area contributed by atoms with Crippen LogP contribution in [0, 0.1) is 5.92 Å². The number of piperazine rings is 1. The van der Waals surface area contributed by atoms with Crippen LogP contribution >= 0.6 is 0 Å². The van der Waals surface area contributed by atoms with Gasteiger partial charge in [-0.15, -0.1) is 0 Å². The molecule has 2 N–H and O–H groups in total. The molecular formula is C13H19N3O5. The first kappa shape index (κ1) is 15.3. The summed E-state index contributed by atoms with van der Waals surface area (Å²) in [5, 5.41) is 11.4. The summed E-state index contributed by atoms with van der Waals surface area (Å²) in [7, 11) is 0. The van der Waals surface area contributed by atoms with Crippen molar-refractivity contribution in [3.63, 3.8) is 0 Å². The molecule has 0 aromatic heterocycles. The Bertz CT molecular complexity index is 462. The van der Waals surface area contributed by atoms with Crippen molar-refractivity contribution in [3.05, 3.63) is 0 Å². The predicted octanol–water partition coefficient (Wildman–Crippen LogP) is -0.360. The van der Waals surface area contributed by atoms with Gasteiger partial charge in [0.1, 0.15) is 19.1 Å². The molecule has 0 saturated carbocycles. The summed E-state index contributed by atoms with van der Waals surface area (Å²) in [6.45, 7) is 1.89. The topological polar surface area (TPSA) is 107 Å². The van der Waals surface area contributed by atoms with E-state index in [4.69, 9.17) is 0 Å². The Morgan fingerprint density at radius 2 is 1.90 bits per heavy atom. The maximum atomic E-state index is 12.4. The van der Waals surface area contributed by atoms with E-state index in [1.165, 1.54) is 4.90 Å². The highest BCUT2D eigenvalue weighted by atomic mass is 16.4. The molecular weight excluding hydrogens is 278 g/mol. The zero-order chi connectivity index (χ0) is 15.6. The second-order valence-corrected chi connectivity index (χ2v) is 5.46. The standard InChI is InChI=1S/C13H19N3O5/c1-2-8-3-4-16(9(5-8)12(19)20)13(21)15-6-10(17)14-11(18)7-15/h8-9H,2-7H2,1H3,(H,19,20)(H,14,17,18). The van der Waals surface area contributed by atoms with E-state index in [-0.39, 0.29) is 19.0 Å². The molecule has 2 heterocycles. The van der Waals surface area contributed by atoms with Gasteiger partial charge in [-0.05, 0) is 18.8 Å². The first-order valence-corrected chi connectivity index (χ1v) is 7.03. The number of nitrogens with zero attached hydrogens (tertiary/aromatic N) is 2. The van der Waals surface area contributed by atoms with Crippen LogP contribution in [0.15, 0.2) is 0 Å². The number of hydrogen-bond donors (Lipinski definition) is 2. The maximum Gasteiger partial charge on any atom is 0.326 e. The number of carboxylic acids is 1. The average Bonchev–Trinajstić information content (AvgIpc) is 2.44. The van der Waals surface area contributed by atoms with Gasteiger partial charge in [0.2, 0.25) is 11.8 Å². The summed E-state index contributed by atoms with van der Waals surface area (Å²) in [5.74, 6) is -1.86. The van der Waals surface area contributed by atoms with E-state index in [1.54, 1.807) is 0 Å². The molecule has 0 aliphatic carbocycles. The van der Waals surface area contributed by atoms with Gasteiger partial charge in [0.05, 0.1) is 0 Å². The van der Waals surface area contributed by atoms with Crippen LogP contribution in [0.4, 0.5) is 4.79 Å². The van der Waals surface area contributed by atoms with Gasteiger partial charge in [0, 0.05) is 6.54 Å². The van der Waals surface area contributed by atoms with Gasteiger partial charge in [-0.25, -0.2) is 9.59 Å². The first-order valence-electron chi connectivity index (χ1n) is 7.03. The van der Waals surface area contributed by atoms with Crippen molar-refractivity contribution in [1.29, 1.82) is 0 Å². The number of carboxylic acid groups (broad SMARTS) is 1. The number of amides is 4. The monoisotopic (exact) mass is 297 g/mol. The molecule has 2 aliphatic rings. The Balaban J connectivity index is 2.11. The van der Waals surface area contributed by atoms with E-state index in [2.05, 4.69) is 5.32 Å². The second-order valence-electron chi connectivity index (χ2n) is 5.46. The third-order valence-corrected chi connectivity index (χ3v) is 4.04. The molecule has 0 spiro atoms. The van der Waals surface area contributed by atoms with Crippen molar-refractivity contribution >= 4 is 23.8 Å². The number of likely N-dealkylation sites (tertiary alicyclic amines) is 1. The Hall–Kier alpha value is -2.12. The molecule has 8 heteroatoms. The van der Waals surface area contributed by atoms with Crippen LogP contribution in [0.2, 0.25) is 0 Å². The van der Waals surface area contributed by atoms with Gasteiger partial charge in [-0.3, -0.25) is 14.9 Å². The lowest BCUT2D eigenvalue weighted by Gasteiger charge is -2.40. The zero-order valence-electron chi connectivity index (χ0n) is 11.9. The SMILES string of the molecule is CCC1CCN(C(=O)N2CC(=O)NC(=O)C2)C(C(=O)O)C1. The summed E-state index contributed by atoms with van der Waals surface area (Å²) < 4.78 is 0. The van der Waals surface area contributed by atoms with Crippen molar-refractivity contribution in [2.24, 2.45) is 5.92 Å². The molecule has 8 nitrogen and oxygen atoms in total. The third-order valence-electron chi connectivity index (χ3n) is 4.04. The summed E-state index contributed by atoms with van der Waals surface area (Å²) in [5.41, 5.74) is 0. The number of aliphatic carboxylic acids is 1. The summed E-state index contributed by atoms with van der Waals surface area (Å²) >= 11 is 0. The van der Waals surface area contributed by atoms with Crippen LogP contribution < -0.4 is 5.32 Å². The fourth-order valence-electron chi connectivity index (χ4n) is 2.83. The van der Waals surface area contributed by atoms with Crippen LogP contribution in [0.25, 0.3) is 0 Å². The Kier molecular flexibility index (Phi) is 4.44. The lowest BCUT2D eigenvalue weighted by molar-refractivity contribution is -0.144. The third kappa shape index (κ3) is 3.32. The van der Waals surface area contributed by atoms with Gasteiger partial charge >= 0.3 is 12.0 Å². The minimum atomic E-state index is -1.05. The molecule has 2 fully saturated rings. The fraction of sp³-hybridized carbons (Fsp3) is 0.692. The lowest BCUT2D eigenvalue weighted by atomic mass is 9.89. The second kappa shape index (κ2) is 6.11. The predicted molar refractivity (Wildman–Crippen MR) is 71.3 cm³/mol. The smallest absolute Gasteiger partial charge is 0.326 e. The largest absolute Gasteiger partial charge is 0.480 e. The minimum absolute atomic E-state index is 0.218. The molecule has 0 bridgehead atoms. The van der Waals surface area contributed by atoms with Crippen molar-refractivity contribution in [3.8, 4) is 0 Å². The van der Waals surface area contributed by atoms with E-state index in [1.807, 2.05) is 6.92 Å². The van der Waals surface area contributed by atoms with Crippen molar-refractivity contribution in [2.75, 3.05) is 19.6 Å². The van der Waals surface area contributed by atoms with E-state index < -0.39 is 29.9 Å². The van der Waals surface area contributed by atoms with Crippen LogP contribution in [0.1, 0.15) is 26.2 Å². The quantitative estimate of drug-likeness (QED) is 0.677. The van der Waals surface area contributed by atoms with Gasteiger partial charge < -0.3 is 14.9 Å². The number of imide groups is 1. The molecule has 2 unspecified atom stereocenters. The Labute approximate surface area is 122 Å². The minimum Gasteiger partial charge on any atom is -0.480 e. The van der Waals surface area contributed by atoms with Crippen molar-refractivity contribution in [1.82, 2.24) is 15.1 Å². The van der Waals surface area contributed by atoms with Gasteiger partial charge in [0.15, 0.2) is 0 Å². The molecule has 21 heavy (non-hydrogen) atoms. The summed E-state index contributed by atoms with van der Waals surface area (Å²) in [6.07, 6.45) is 2.02. The molecule has 2 saturated heterocycles. The van der Waals surface area contributed by atoms with E-state index >= 15 is 0 Å². The van der Waals surface area contributed by atoms with Crippen LogP contribution in [-0.2, 0) is 14.4 Å². The van der Waals surface area contributed by atoms with Gasteiger partial charge in [0.25, 0.3) is 0 Å². The molecule has 0 aromatic rings. The molecule has 0 radical (unpaired) electrons. The summed E-state index contributed by atoms with van der Waals surface area (Å²) in [6, 6.07) is -1.45. The number of nitrogens with one attached hydrogen (secondary N) is 1. The Morgan fingerprint density at radius 1 is 1.29 bits per heavy atom. The number of carbonyl (C=O) groups excluding carboxylic acids is 3. The van der Waals surface area contributed by atoms with Crippen molar-refractivity contribution < 1.29 is 24.3 Å². The van der Waals surface area contributed by atoms with Crippen LogP contribution in [0.5, 0.6) is 0 Å². The van der Waals surface area contributed by atoms with Crippen molar-refractivity contribution in [2.45, 2.75) is 32.2 Å². The molecule has 116 valence electrons. The number of hydrogen-bond acceptors (Lipinski definition) is 4.